The van der Waals surface area contributed by atoms with Crippen LogP contribution in [-0.2, 0) is 5.88 Å². The van der Waals surface area contributed by atoms with Gasteiger partial charge in [-0.15, -0.1) is 11.6 Å². The van der Waals surface area contributed by atoms with Crippen molar-refractivity contribution in [1.29, 1.82) is 0 Å². The third-order valence-electron chi connectivity index (χ3n) is 2.90. The zero-order valence-corrected chi connectivity index (χ0v) is 12.1. The monoisotopic (exact) mass is 338 g/mol. The van der Waals surface area contributed by atoms with E-state index >= 15 is 0 Å². The predicted molar refractivity (Wildman–Crippen MR) is 78.3 cm³/mol. The standard InChI is InChI=1S/C14H9BrClFN2/c15-9-5-6-10(17)13(7-9)19-12-4-2-1-3-11(12)18-14(19)8-16/h1-7H,8H2. The molecular formula is C14H9BrClFN2. The lowest BCUT2D eigenvalue weighted by Crippen LogP contribution is -2.02. The summed E-state index contributed by atoms with van der Waals surface area (Å²) in [6.45, 7) is 0. The zero-order chi connectivity index (χ0) is 13.4. The van der Waals surface area contributed by atoms with Gasteiger partial charge in [-0.2, -0.15) is 0 Å². The van der Waals surface area contributed by atoms with Crippen LogP contribution in [0.2, 0.25) is 0 Å². The van der Waals surface area contributed by atoms with Crippen LogP contribution in [0.4, 0.5) is 4.39 Å². The highest BCUT2D eigenvalue weighted by atomic mass is 79.9. The van der Waals surface area contributed by atoms with Crippen molar-refractivity contribution in [1.82, 2.24) is 9.55 Å². The molecule has 0 unspecified atom stereocenters. The number of nitrogens with zero attached hydrogens (tertiary/aromatic N) is 2. The SMILES string of the molecule is Fc1ccc(Br)cc1-n1c(CCl)nc2ccccc21. The molecule has 0 bridgehead atoms. The second-order valence-corrected chi connectivity index (χ2v) is 5.26. The van der Waals surface area contributed by atoms with Gasteiger partial charge in [0.2, 0.25) is 0 Å². The Morgan fingerprint density at radius 3 is 2.79 bits per heavy atom. The molecule has 2 aromatic carbocycles. The Balaban J connectivity index is 2.37. The minimum absolute atomic E-state index is 0.223. The Bertz CT molecular complexity index is 754. The maximum absolute atomic E-state index is 14.1. The van der Waals surface area contributed by atoms with Gasteiger partial charge in [-0.1, -0.05) is 28.1 Å². The lowest BCUT2D eigenvalue weighted by atomic mass is 10.2. The minimum atomic E-state index is -0.308. The number of alkyl halides is 1. The average molecular weight is 340 g/mol. The van der Waals surface area contributed by atoms with Crippen LogP contribution in [-0.4, -0.2) is 9.55 Å². The lowest BCUT2D eigenvalue weighted by molar-refractivity contribution is 0.617. The fraction of sp³-hybridized carbons (Fsp3) is 0.0714. The van der Waals surface area contributed by atoms with E-state index in [0.717, 1.165) is 15.5 Å². The quantitative estimate of drug-likeness (QED) is 0.621. The Labute approximate surface area is 123 Å². The molecule has 0 spiro atoms. The Hall–Kier alpha value is -1.39. The molecule has 1 heterocycles. The summed E-state index contributed by atoms with van der Waals surface area (Å²) in [5.74, 6) is 0.540. The van der Waals surface area contributed by atoms with E-state index in [2.05, 4.69) is 20.9 Å². The van der Waals surface area contributed by atoms with Crippen LogP contribution in [0.25, 0.3) is 16.7 Å². The first-order valence-electron chi connectivity index (χ1n) is 5.68. The average Bonchev–Trinajstić information content (AvgIpc) is 2.80. The van der Waals surface area contributed by atoms with Crippen molar-refractivity contribution >= 4 is 38.6 Å². The topological polar surface area (TPSA) is 17.8 Å². The van der Waals surface area contributed by atoms with Gasteiger partial charge in [0.05, 0.1) is 22.6 Å². The van der Waals surface area contributed by atoms with Crippen molar-refractivity contribution in [2.45, 2.75) is 5.88 Å². The van der Waals surface area contributed by atoms with Crippen LogP contribution in [0, 0.1) is 5.82 Å². The van der Waals surface area contributed by atoms with Crippen molar-refractivity contribution < 1.29 is 4.39 Å². The smallest absolute Gasteiger partial charge is 0.147 e. The second-order valence-electron chi connectivity index (χ2n) is 4.08. The normalized spacial score (nSPS) is 11.1. The molecular weight excluding hydrogens is 331 g/mol. The Morgan fingerprint density at radius 1 is 1.21 bits per heavy atom. The highest BCUT2D eigenvalue weighted by Crippen LogP contribution is 2.26. The number of fused-ring (bicyclic) bond motifs is 1. The first-order valence-corrected chi connectivity index (χ1v) is 7.01. The van der Waals surface area contributed by atoms with Crippen molar-refractivity contribution in [3.8, 4) is 5.69 Å². The van der Waals surface area contributed by atoms with Gasteiger partial charge in [0.25, 0.3) is 0 Å². The number of halogens is 3. The molecule has 5 heteroatoms. The number of hydrogen-bond acceptors (Lipinski definition) is 1. The number of benzene rings is 2. The molecule has 2 nitrogen and oxygen atoms in total. The van der Waals surface area contributed by atoms with Crippen LogP contribution in [0.3, 0.4) is 0 Å². The molecule has 3 aromatic rings. The summed E-state index contributed by atoms with van der Waals surface area (Å²) in [6.07, 6.45) is 0. The number of hydrogen-bond donors (Lipinski definition) is 0. The molecule has 0 N–H and O–H groups in total. The summed E-state index contributed by atoms with van der Waals surface area (Å²) in [7, 11) is 0. The van der Waals surface area contributed by atoms with Gasteiger partial charge in [-0.3, -0.25) is 4.57 Å². The van der Waals surface area contributed by atoms with E-state index in [1.165, 1.54) is 6.07 Å². The lowest BCUT2D eigenvalue weighted by Gasteiger charge is -2.09. The van der Waals surface area contributed by atoms with Crippen LogP contribution >= 0.6 is 27.5 Å². The summed E-state index contributed by atoms with van der Waals surface area (Å²) in [5.41, 5.74) is 2.09. The van der Waals surface area contributed by atoms with E-state index in [1.807, 2.05) is 24.3 Å². The summed E-state index contributed by atoms with van der Waals surface area (Å²) < 4.78 is 16.6. The van der Waals surface area contributed by atoms with Crippen molar-refractivity contribution in [3.05, 3.63) is 58.6 Å². The van der Waals surface area contributed by atoms with Gasteiger partial charge in [-0.25, -0.2) is 9.37 Å². The molecule has 0 amide bonds. The molecule has 3 rings (SSSR count). The minimum Gasteiger partial charge on any atom is -0.292 e. The van der Waals surface area contributed by atoms with Gasteiger partial charge in [0.15, 0.2) is 0 Å². The second kappa shape index (κ2) is 4.94. The van der Waals surface area contributed by atoms with E-state index < -0.39 is 0 Å². The van der Waals surface area contributed by atoms with Crippen LogP contribution in [0.1, 0.15) is 5.82 Å². The summed E-state index contributed by atoms with van der Waals surface area (Å²) >= 11 is 9.29. The highest BCUT2D eigenvalue weighted by molar-refractivity contribution is 9.10. The summed E-state index contributed by atoms with van der Waals surface area (Å²) in [6, 6.07) is 12.4. The Kier molecular flexibility index (Phi) is 3.29. The number of rotatable bonds is 2. The largest absolute Gasteiger partial charge is 0.292 e. The van der Waals surface area contributed by atoms with Gasteiger partial charge in [0, 0.05) is 4.47 Å². The number of imidazole rings is 1. The number of para-hydroxylation sites is 2. The van der Waals surface area contributed by atoms with Crippen LogP contribution < -0.4 is 0 Å². The van der Waals surface area contributed by atoms with Crippen molar-refractivity contribution in [3.63, 3.8) is 0 Å². The Morgan fingerprint density at radius 2 is 2.00 bits per heavy atom. The van der Waals surface area contributed by atoms with Crippen LogP contribution in [0.15, 0.2) is 46.9 Å². The van der Waals surface area contributed by atoms with Crippen molar-refractivity contribution in [2.75, 3.05) is 0 Å². The van der Waals surface area contributed by atoms with Gasteiger partial charge >= 0.3 is 0 Å². The van der Waals surface area contributed by atoms with Gasteiger partial charge in [-0.05, 0) is 30.3 Å². The van der Waals surface area contributed by atoms with Crippen molar-refractivity contribution in [2.24, 2.45) is 0 Å². The number of aromatic nitrogens is 2. The van der Waals surface area contributed by atoms with Gasteiger partial charge < -0.3 is 0 Å². The van der Waals surface area contributed by atoms with E-state index in [0.29, 0.717) is 11.5 Å². The molecule has 0 aliphatic heterocycles. The third-order valence-corrected chi connectivity index (χ3v) is 3.63. The first-order chi connectivity index (χ1) is 9.20. The fourth-order valence-corrected chi connectivity index (χ4v) is 2.62. The predicted octanol–water partition coefficient (Wildman–Crippen LogP) is 4.67. The molecule has 0 aliphatic rings. The fourth-order valence-electron chi connectivity index (χ4n) is 2.09. The maximum Gasteiger partial charge on any atom is 0.147 e. The molecule has 0 aliphatic carbocycles. The molecule has 0 fully saturated rings. The summed E-state index contributed by atoms with van der Waals surface area (Å²) in [5, 5.41) is 0. The molecule has 0 radical (unpaired) electrons. The molecule has 0 saturated heterocycles. The molecule has 0 atom stereocenters. The molecule has 96 valence electrons. The van der Waals surface area contributed by atoms with E-state index in [-0.39, 0.29) is 11.7 Å². The van der Waals surface area contributed by atoms with E-state index in [1.54, 1.807) is 16.7 Å². The van der Waals surface area contributed by atoms with E-state index in [9.17, 15) is 4.39 Å². The molecule has 19 heavy (non-hydrogen) atoms. The first kappa shape index (κ1) is 12.6. The maximum atomic E-state index is 14.1. The van der Waals surface area contributed by atoms with E-state index in [4.69, 9.17) is 11.6 Å². The summed E-state index contributed by atoms with van der Waals surface area (Å²) in [4.78, 5) is 4.43. The highest BCUT2D eigenvalue weighted by Gasteiger charge is 2.14. The van der Waals surface area contributed by atoms with Crippen LogP contribution in [0.5, 0.6) is 0 Å². The van der Waals surface area contributed by atoms with Gasteiger partial charge in [0.1, 0.15) is 11.6 Å². The third kappa shape index (κ3) is 2.15. The zero-order valence-electron chi connectivity index (χ0n) is 9.78. The molecule has 0 saturated carbocycles. The molecule has 1 aromatic heterocycles.